The van der Waals surface area contributed by atoms with Gasteiger partial charge >= 0.3 is 0 Å². The SMILES string of the molecule is O=C(c1ccc2c(c1)CCCS2)C1(CO)CCC1. The van der Waals surface area contributed by atoms with E-state index in [1.54, 1.807) is 0 Å². The summed E-state index contributed by atoms with van der Waals surface area (Å²) in [6.45, 7) is -0.00231. The standard InChI is InChI=1S/C15H18O2S/c16-10-15(6-2-7-15)14(17)12-4-5-13-11(9-12)3-1-8-18-13/h4-5,9,16H,1-3,6-8,10H2. The topological polar surface area (TPSA) is 37.3 Å². The molecule has 2 nitrogen and oxygen atoms in total. The summed E-state index contributed by atoms with van der Waals surface area (Å²) >= 11 is 1.88. The van der Waals surface area contributed by atoms with Crippen molar-refractivity contribution >= 4 is 17.5 Å². The molecule has 1 aromatic carbocycles. The lowest BCUT2D eigenvalue weighted by Crippen LogP contribution is -2.41. The number of hydrogen-bond acceptors (Lipinski definition) is 3. The number of aliphatic hydroxyl groups is 1. The van der Waals surface area contributed by atoms with Crippen molar-refractivity contribution in [3.05, 3.63) is 29.3 Å². The van der Waals surface area contributed by atoms with E-state index >= 15 is 0 Å². The summed E-state index contributed by atoms with van der Waals surface area (Å²) in [5.41, 5.74) is 1.64. The van der Waals surface area contributed by atoms with E-state index in [1.807, 2.05) is 17.8 Å². The van der Waals surface area contributed by atoms with Gasteiger partial charge in [-0.3, -0.25) is 4.79 Å². The van der Waals surface area contributed by atoms with Crippen molar-refractivity contribution < 1.29 is 9.90 Å². The number of rotatable bonds is 3. The van der Waals surface area contributed by atoms with Crippen LogP contribution in [0.4, 0.5) is 0 Å². The Kier molecular flexibility index (Phi) is 3.20. The van der Waals surface area contributed by atoms with Gasteiger partial charge in [0.2, 0.25) is 0 Å². The summed E-state index contributed by atoms with van der Waals surface area (Å²) in [4.78, 5) is 13.8. The summed E-state index contributed by atoms with van der Waals surface area (Å²) in [5, 5.41) is 9.48. The van der Waals surface area contributed by atoms with E-state index in [2.05, 4.69) is 12.1 Å². The van der Waals surface area contributed by atoms with Crippen LogP contribution in [0.15, 0.2) is 23.1 Å². The van der Waals surface area contributed by atoms with Crippen molar-refractivity contribution in [2.75, 3.05) is 12.4 Å². The van der Waals surface area contributed by atoms with Crippen LogP contribution in [0.1, 0.15) is 41.6 Å². The van der Waals surface area contributed by atoms with E-state index < -0.39 is 5.41 Å². The molecule has 3 heteroatoms. The minimum absolute atomic E-state index is 0.00231. The highest BCUT2D eigenvalue weighted by Crippen LogP contribution is 2.43. The first-order valence-electron chi connectivity index (χ1n) is 6.67. The molecule has 0 unspecified atom stereocenters. The average molecular weight is 262 g/mol. The number of aliphatic hydroxyl groups excluding tert-OH is 1. The molecule has 0 aromatic heterocycles. The van der Waals surface area contributed by atoms with Crippen LogP contribution in [0.25, 0.3) is 0 Å². The first-order chi connectivity index (χ1) is 8.75. The molecule has 0 radical (unpaired) electrons. The summed E-state index contributed by atoms with van der Waals surface area (Å²) in [5.74, 6) is 1.33. The third-order valence-electron chi connectivity index (χ3n) is 4.27. The maximum atomic E-state index is 12.5. The van der Waals surface area contributed by atoms with Gasteiger partial charge in [-0.25, -0.2) is 0 Å². The van der Waals surface area contributed by atoms with Gasteiger partial charge in [-0.15, -0.1) is 11.8 Å². The summed E-state index contributed by atoms with van der Waals surface area (Å²) in [6, 6.07) is 6.07. The molecule has 1 fully saturated rings. The quantitative estimate of drug-likeness (QED) is 0.851. The lowest BCUT2D eigenvalue weighted by Gasteiger charge is -2.38. The largest absolute Gasteiger partial charge is 0.395 e. The van der Waals surface area contributed by atoms with Gasteiger partial charge in [0.15, 0.2) is 5.78 Å². The van der Waals surface area contributed by atoms with Crippen LogP contribution in [0.3, 0.4) is 0 Å². The molecule has 3 rings (SSSR count). The second-order valence-corrected chi connectivity index (χ2v) is 6.53. The zero-order valence-corrected chi connectivity index (χ0v) is 11.3. The van der Waals surface area contributed by atoms with Crippen LogP contribution in [0.5, 0.6) is 0 Å². The Labute approximate surface area is 112 Å². The van der Waals surface area contributed by atoms with Gasteiger partial charge in [0.25, 0.3) is 0 Å². The smallest absolute Gasteiger partial charge is 0.171 e. The number of carbonyl (C=O) groups is 1. The van der Waals surface area contributed by atoms with E-state index in [9.17, 15) is 9.90 Å². The first kappa shape index (κ1) is 12.2. The molecule has 0 bridgehead atoms. The number of thioether (sulfide) groups is 1. The van der Waals surface area contributed by atoms with E-state index in [0.29, 0.717) is 0 Å². The lowest BCUT2D eigenvalue weighted by molar-refractivity contribution is 0.0348. The van der Waals surface area contributed by atoms with Crippen molar-refractivity contribution in [2.24, 2.45) is 5.41 Å². The highest BCUT2D eigenvalue weighted by Gasteiger charge is 2.43. The highest BCUT2D eigenvalue weighted by atomic mass is 32.2. The second kappa shape index (κ2) is 4.71. The van der Waals surface area contributed by atoms with Crippen LogP contribution in [0.2, 0.25) is 0 Å². The predicted molar refractivity (Wildman–Crippen MR) is 73.2 cm³/mol. The zero-order chi connectivity index (χ0) is 12.6. The maximum Gasteiger partial charge on any atom is 0.171 e. The number of Topliss-reactive ketones (excluding diaryl/α,β-unsaturated/α-hetero) is 1. The fourth-order valence-electron chi connectivity index (χ4n) is 2.87. The van der Waals surface area contributed by atoms with Gasteiger partial charge < -0.3 is 5.11 Å². The Morgan fingerprint density at radius 3 is 2.83 bits per heavy atom. The van der Waals surface area contributed by atoms with Crippen LogP contribution < -0.4 is 0 Å². The molecule has 0 amide bonds. The Hall–Kier alpha value is -0.800. The Balaban J connectivity index is 1.90. The number of ketones is 1. The molecular weight excluding hydrogens is 244 g/mol. The third kappa shape index (κ3) is 1.90. The van der Waals surface area contributed by atoms with Gasteiger partial charge in [-0.2, -0.15) is 0 Å². The number of carbonyl (C=O) groups excluding carboxylic acids is 1. The van der Waals surface area contributed by atoms with Gasteiger partial charge in [-0.1, -0.05) is 12.5 Å². The molecule has 1 aliphatic carbocycles. The molecule has 18 heavy (non-hydrogen) atoms. The highest BCUT2D eigenvalue weighted by molar-refractivity contribution is 7.99. The molecule has 0 spiro atoms. The van der Waals surface area contributed by atoms with Crippen molar-refractivity contribution in [3.63, 3.8) is 0 Å². The molecular formula is C15H18O2S. The van der Waals surface area contributed by atoms with E-state index in [0.717, 1.165) is 31.2 Å². The summed E-state index contributed by atoms with van der Waals surface area (Å²) in [6.07, 6.45) is 5.02. The normalized spacial score (nSPS) is 20.9. The summed E-state index contributed by atoms with van der Waals surface area (Å²) < 4.78 is 0. The van der Waals surface area contributed by atoms with Gasteiger partial charge in [0.05, 0.1) is 12.0 Å². The molecule has 0 atom stereocenters. The number of hydrogen-bond donors (Lipinski definition) is 1. The van der Waals surface area contributed by atoms with Crippen LogP contribution in [0, 0.1) is 5.41 Å². The van der Waals surface area contributed by atoms with Crippen LogP contribution in [-0.4, -0.2) is 23.2 Å². The monoisotopic (exact) mass is 262 g/mol. The van der Waals surface area contributed by atoms with E-state index in [1.165, 1.54) is 22.6 Å². The summed E-state index contributed by atoms with van der Waals surface area (Å²) in [7, 11) is 0. The minimum Gasteiger partial charge on any atom is -0.395 e. The number of benzene rings is 1. The fourth-order valence-corrected chi connectivity index (χ4v) is 3.89. The maximum absolute atomic E-state index is 12.5. The number of aryl methyl sites for hydroxylation is 1. The fraction of sp³-hybridized carbons (Fsp3) is 0.533. The van der Waals surface area contributed by atoms with Crippen LogP contribution in [-0.2, 0) is 6.42 Å². The second-order valence-electron chi connectivity index (χ2n) is 5.40. The lowest BCUT2D eigenvalue weighted by atomic mass is 9.65. The Bertz CT molecular complexity index is 472. The van der Waals surface area contributed by atoms with Gasteiger partial charge in [0.1, 0.15) is 0 Å². The van der Waals surface area contributed by atoms with Crippen molar-refractivity contribution in [1.29, 1.82) is 0 Å². The Morgan fingerprint density at radius 2 is 2.17 bits per heavy atom. The van der Waals surface area contributed by atoms with Crippen molar-refractivity contribution in [1.82, 2.24) is 0 Å². The van der Waals surface area contributed by atoms with Gasteiger partial charge in [-0.05, 0) is 49.1 Å². The molecule has 0 saturated heterocycles. The van der Waals surface area contributed by atoms with Crippen LogP contribution >= 0.6 is 11.8 Å². The molecule has 96 valence electrons. The van der Waals surface area contributed by atoms with E-state index in [-0.39, 0.29) is 12.4 Å². The molecule has 1 heterocycles. The van der Waals surface area contributed by atoms with Crippen molar-refractivity contribution in [2.45, 2.75) is 37.0 Å². The van der Waals surface area contributed by atoms with E-state index in [4.69, 9.17) is 0 Å². The number of fused-ring (bicyclic) bond motifs is 1. The third-order valence-corrected chi connectivity index (χ3v) is 5.47. The molecule has 1 saturated carbocycles. The molecule has 1 aromatic rings. The molecule has 1 aliphatic heterocycles. The van der Waals surface area contributed by atoms with Gasteiger partial charge in [0, 0.05) is 10.5 Å². The molecule has 1 N–H and O–H groups in total. The average Bonchev–Trinajstić information content (AvgIpc) is 2.37. The van der Waals surface area contributed by atoms with Crippen molar-refractivity contribution in [3.8, 4) is 0 Å². The first-order valence-corrected chi connectivity index (χ1v) is 7.65. The zero-order valence-electron chi connectivity index (χ0n) is 10.4. The predicted octanol–water partition coefficient (Wildman–Crippen LogP) is 3.07. The molecule has 2 aliphatic rings. The Morgan fingerprint density at radius 1 is 1.33 bits per heavy atom. The minimum atomic E-state index is -0.462.